The number of aromatic nitrogens is 6. The Kier molecular flexibility index (Phi) is 1.30. The maximum atomic E-state index is 5.10. The predicted molar refractivity (Wildman–Crippen MR) is 51.7 cm³/mol. The van der Waals surface area contributed by atoms with Gasteiger partial charge in [-0.2, -0.15) is 0 Å². The van der Waals surface area contributed by atoms with Gasteiger partial charge in [0.15, 0.2) is 5.65 Å². The summed E-state index contributed by atoms with van der Waals surface area (Å²) in [6.07, 6.45) is 1.61. The van der Waals surface area contributed by atoms with Crippen LogP contribution in [0.2, 0.25) is 0 Å². The lowest BCUT2D eigenvalue weighted by Gasteiger charge is -1.99. The molecule has 0 aliphatic rings. The summed E-state index contributed by atoms with van der Waals surface area (Å²) in [5.74, 6) is 0.704. The maximum Gasteiger partial charge on any atom is 0.241 e. The van der Waals surface area contributed by atoms with E-state index in [2.05, 4.69) is 20.4 Å². The molecule has 0 atom stereocenters. The Balaban J connectivity index is 2.75. The van der Waals surface area contributed by atoms with Gasteiger partial charge in [0.25, 0.3) is 0 Å². The first-order valence-corrected chi connectivity index (χ1v) is 4.44. The van der Waals surface area contributed by atoms with Crippen LogP contribution in [0.5, 0.6) is 0 Å². The van der Waals surface area contributed by atoms with Crippen molar-refractivity contribution in [2.75, 3.05) is 0 Å². The summed E-state index contributed by atoms with van der Waals surface area (Å²) in [6.45, 7) is 1.95. The van der Waals surface area contributed by atoms with Crippen LogP contribution in [0.4, 0.5) is 0 Å². The second-order valence-electron chi connectivity index (χ2n) is 3.01. The number of aryl methyl sites for hydroxylation is 1. The molecule has 0 saturated heterocycles. The average Bonchev–Trinajstić information content (AvgIpc) is 2.71. The fourth-order valence-corrected chi connectivity index (χ4v) is 1.79. The van der Waals surface area contributed by atoms with Crippen LogP contribution in [-0.2, 0) is 0 Å². The number of nitrogens with one attached hydrogen (secondary N) is 1. The minimum atomic E-state index is 0.577. The van der Waals surface area contributed by atoms with Crippen molar-refractivity contribution in [1.29, 1.82) is 0 Å². The van der Waals surface area contributed by atoms with Crippen LogP contribution >= 0.6 is 12.2 Å². The van der Waals surface area contributed by atoms with Gasteiger partial charge in [-0.1, -0.05) is 0 Å². The van der Waals surface area contributed by atoms with Gasteiger partial charge >= 0.3 is 0 Å². The van der Waals surface area contributed by atoms with Gasteiger partial charge < -0.3 is 0 Å². The molecule has 0 amide bonds. The lowest BCUT2D eigenvalue weighted by molar-refractivity contribution is 1.00. The number of H-pyrrole nitrogens is 1. The summed E-state index contributed by atoms with van der Waals surface area (Å²) in [5, 5.41) is 14.6. The predicted octanol–water partition coefficient (Wildman–Crippen LogP) is 0.743. The molecule has 0 fully saturated rings. The maximum absolute atomic E-state index is 5.10. The molecule has 14 heavy (non-hydrogen) atoms. The number of rotatable bonds is 0. The summed E-state index contributed by atoms with van der Waals surface area (Å²) >= 11 is 5.10. The molecule has 3 heterocycles. The fraction of sp³-hybridized carbons (Fsp3) is 0.143. The Morgan fingerprint density at radius 2 is 2.36 bits per heavy atom. The van der Waals surface area contributed by atoms with Crippen LogP contribution in [-0.4, -0.2) is 29.2 Å². The largest absolute Gasteiger partial charge is 0.258 e. The van der Waals surface area contributed by atoms with Crippen LogP contribution in [0.1, 0.15) is 5.69 Å². The third-order valence-electron chi connectivity index (χ3n) is 2.13. The second kappa shape index (κ2) is 2.38. The van der Waals surface area contributed by atoms with E-state index in [1.165, 1.54) is 0 Å². The molecule has 3 aromatic heterocycles. The molecule has 3 aromatic rings. The SMILES string of the molecule is Cc1cc2nncn2c2n[nH]c(=S)n12. The van der Waals surface area contributed by atoms with Crippen LogP contribution < -0.4 is 0 Å². The molecule has 6 nitrogen and oxygen atoms in total. The van der Waals surface area contributed by atoms with Crippen LogP contribution in [0.15, 0.2) is 12.4 Å². The van der Waals surface area contributed by atoms with Gasteiger partial charge in [0, 0.05) is 11.8 Å². The number of nitrogens with zero attached hydrogens (tertiary/aromatic N) is 5. The van der Waals surface area contributed by atoms with Gasteiger partial charge in [-0.15, -0.1) is 15.3 Å². The van der Waals surface area contributed by atoms with Crippen molar-refractivity contribution in [3.05, 3.63) is 22.9 Å². The molecule has 0 spiro atoms. The molecule has 1 N–H and O–H groups in total. The Morgan fingerprint density at radius 1 is 1.50 bits per heavy atom. The molecule has 0 unspecified atom stereocenters. The van der Waals surface area contributed by atoms with Crippen LogP contribution in [0, 0.1) is 11.7 Å². The Labute approximate surface area is 83.2 Å². The topological polar surface area (TPSA) is 63.3 Å². The lowest BCUT2D eigenvalue weighted by atomic mass is 10.4. The zero-order valence-electron chi connectivity index (χ0n) is 7.30. The minimum Gasteiger partial charge on any atom is -0.258 e. The van der Waals surface area contributed by atoms with E-state index in [9.17, 15) is 0 Å². The lowest BCUT2D eigenvalue weighted by Crippen LogP contribution is -1.97. The highest BCUT2D eigenvalue weighted by Gasteiger charge is 2.06. The highest BCUT2D eigenvalue weighted by molar-refractivity contribution is 7.71. The van der Waals surface area contributed by atoms with E-state index in [1.54, 1.807) is 10.7 Å². The highest BCUT2D eigenvalue weighted by Crippen LogP contribution is 2.08. The average molecular weight is 206 g/mol. The number of hydrogen-bond donors (Lipinski definition) is 1. The van der Waals surface area contributed by atoms with Gasteiger partial charge in [-0.25, -0.2) is 9.50 Å². The van der Waals surface area contributed by atoms with Crippen molar-refractivity contribution in [3.63, 3.8) is 0 Å². The van der Waals surface area contributed by atoms with Crippen molar-refractivity contribution < 1.29 is 0 Å². The van der Waals surface area contributed by atoms with Gasteiger partial charge in [0.2, 0.25) is 10.5 Å². The van der Waals surface area contributed by atoms with Crippen LogP contribution in [0.3, 0.4) is 0 Å². The number of fused-ring (bicyclic) bond motifs is 3. The normalized spacial score (nSPS) is 11.5. The quantitative estimate of drug-likeness (QED) is 0.551. The second-order valence-corrected chi connectivity index (χ2v) is 3.40. The van der Waals surface area contributed by atoms with Crippen molar-refractivity contribution in [2.24, 2.45) is 0 Å². The van der Waals surface area contributed by atoms with E-state index in [0.29, 0.717) is 10.5 Å². The molecule has 0 radical (unpaired) electrons. The molecule has 7 heteroatoms. The molecule has 70 valence electrons. The Bertz CT molecular complexity index is 674. The molecule has 0 bridgehead atoms. The first kappa shape index (κ1) is 7.63. The number of aromatic amines is 1. The smallest absolute Gasteiger partial charge is 0.241 e. The Hall–Kier alpha value is -1.76. The monoisotopic (exact) mass is 206 g/mol. The molecular weight excluding hydrogens is 200 g/mol. The van der Waals surface area contributed by atoms with E-state index in [4.69, 9.17) is 12.2 Å². The summed E-state index contributed by atoms with van der Waals surface area (Å²) in [6, 6.07) is 1.91. The summed E-state index contributed by atoms with van der Waals surface area (Å²) in [7, 11) is 0. The minimum absolute atomic E-state index is 0.577. The molecular formula is C7H6N6S. The van der Waals surface area contributed by atoms with E-state index in [1.807, 2.05) is 17.4 Å². The van der Waals surface area contributed by atoms with Crippen LogP contribution in [0.25, 0.3) is 11.4 Å². The van der Waals surface area contributed by atoms with Crippen molar-refractivity contribution in [3.8, 4) is 0 Å². The first-order valence-electron chi connectivity index (χ1n) is 4.04. The molecule has 0 saturated carbocycles. The van der Waals surface area contributed by atoms with Gasteiger partial charge in [0.1, 0.15) is 6.33 Å². The molecule has 3 rings (SSSR count). The zero-order chi connectivity index (χ0) is 9.71. The van der Waals surface area contributed by atoms with E-state index >= 15 is 0 Å². The Morgan fingerprint density at radius 3 is 3.21 bits per heavy atom. The van der Waals surface area contributed by atoms with Gasteiger partial charge in [-0.3, -0.25) is 4.40 Å². The molecule has 0 aromatic carbocycles. The number of hydrogen-bond acceptors (Lipinski definition) is 4. The molecule has 0 aliphatic carbocycles. The summed E-state index contributed by atoms with van der Waals surface area (Å²) in [4.78, 5) is 0. The van der Waals surface area contributed by atoms with Gasteiger partial charge in [0.05, 0.1) is 0 Å². The third-order valence-corrected chi connectivity index (χ3v) is 2.41. The van der Waals surface area contributed by atoms with Crippen molar-refractivity contribution in [2.45, 2.75) is 6.92 Å². The highest BCUT2D eigenvalue weighted by atomic mass is 32.1. The standard InChI is InChI=1S/C7H6N6S/c1-4-2-5-9-8-3-12(5)6-10-11-7(14)13(4)6/h2-3H,1H3,(H,11,14). The first-order chi connectivity index (χ1) is 6.77. The molecule has 0 aliphatic heterocycles. The van der Waals surface area contributed by atoms with Crippen molar-refractivity contribution in [1.82, 2.24) is 29.2 Å². The van der Waals surface area contributed by atoms with E-state index in [0.717, 1.165) is 11.3 Å². The van der Waals surface area contributed by atoms with Crippen molar-refractivity contribution >= 4 is 23.6 Å². The fourth-order valence-electron chi connectivity index (χ4n) is 1.52. The third kappa shape index (κ3) is 0.791. The zero-order valence-corrected chi connectivity index (χ0v) is 8.12. The van der Waals surface area contributed by atoms with E-state index < -0.39 is 0 Å². The van der Waals surface area contributed by atoms with Gasteiger partial charge in [-0.05, 0) is 19.1 Å². The summed E-state index contributed by atoms with van der Waals surface area (Å²) < 4.78 is 4.19. The summed E-state index contributed by atoms with van der Waals surface area (Å²) in [5.41, 5.74) is 1.75. The van der Waals surface area contributed by atoms with E-state index in [-0.39, 0.29) is 0 Å².